The van der Waals surface area contributed by atoms with Crippen molar-refractivity contribution in [3.8, 4) is 0 Å². The van der Waals surface area contributed by atoms with E-state index in [1.165, 1.54) is 0 Å². The molecule has 0 atom stereocenters. The van der Waals surface area contributed by atoms with E-state index in [0.29, 0.717) is 6.54 Å². The Balaban J connectivity index is 2.38. The van der Waals surface area contributed by atoms with Crippen molar-refractivity contribution in [2.75, 3.05) is 0 Å². The normalized spacial score (nSPS) is 9.08. The van der Waals surface area contributed by atoms with E-state index in [-0.39, 0.29) is 0 Å². The molecule has 1 radical (unpaired) electrons. The molecule has 0 aliphatic carbocycles. The van der Waals surface area contributed by atoms with Crippen LogP contribution in [0.1, 0.15) is 5.56 Å². The van der Waals surface area contributed by atoms with Gasteiger partial charge in [0.15, 0.2) is 0 Å². The first kappa shape index (κ1) is 8.55. The van der Waals surface area contributed by atoms with Crippen LogP contribution in [-0.4, -0.2) is 6.03 Å². The molecule has 1 aromatic rings. The lowest BCUT2D eigenvalue weighted by atomic mass is 10.2. The summed E-state index contributed by atoms with van der Waals surface area (Å²) in [5.74, 6) is 4.84. The third-order valence-corrected chi connectivity index (χ3v) is 1.37. The maximum atomic E-state index is 10.6. The van der Waals surface area contributed by atoms with E-state index in [0.717, 1.165) is 5.56 Å². The fourth-order valence-electron chi connectivity index (χ4n) is 0.792. The molecule has 4 nitrogen and oxygen atoms in total. The Morgan fingerprint density at radius 1 is 1.42 bits per heavy atom. The second-order valence-electron chi connectivity index (χ2n) is 2.25. The van der Waals surface area contributed by atoms with Crippen molar-refractivity contribution in [2.45, 2.75) is 6.54 Å². The Hall–Kier alpha value is -1.55. The third-order valence-electron chi connectivity index (χ3n) is 1.37. The number of nitrogens with one attached hydrogen (secondary N) is 1. The number of carbonyl (C=O) groups is 1. The first-order valence-electron chi connectivity index (χ1n) is 3.55. The monoisotopic (exact) mass is 164 g/mol. The second-order valence-corrected chi connectivity index (χ2v) is 2.25. The van der Waals surface area contributed by atoms with Crippen LogP contribution in [0.25, 0.3) is 0 Å². The summed E-state index contributed by atoms with van der Waals surface area (Å²) >= 11 is 0. The number of urea groups is 1. The van der Waals surface area contributed by atoms with Crippen molar-refractivity contribution in [3.63, 3.8) is 0 Å². The molecule has 0 aliphatic heterocycles. The fourth-order valence-corrected chi connectivity index (χ4v) is 0.792. The minimum absolute atomic E-state index is 0.365. The molecule has 0 saturated heterocycles. The van der Waals surface area contributed by atoms with E-state index < -0.39 is 6.03 Å². The average molecular weight is 164 g/mol. The third kappa shape index (κ3) is 2.59. The number of benzene rings is 1. The number of nitrogens with zero attached hydrogens (tertiary/aromatic N) is 1. The van der Waals surface area contributed by atoms with Crippen molar-refractivity contribution in [1.29, 1.82) is 0 Å². The Labute approximate surface area is 70.7 Å². The highest BCUT2D eigenvalue weighted by atomic mass is 16.2. The number of carbonyl (C=O) groups excluding carboxylic acids is 1. The van der Waals surface area contributed by atoms with Crippen LogP contribution < -0.4 is 16.6 Å². The van der Waals surface area contributed by atoms with Gasteiger partial charge in [0, 0.05) is 0 Å². The number of rotatable bonds is 2. The molecule has 4 heteroatoms. The van der Waals surface area contributed by atoms with Crippen LogP contribution in [0.2, 0.25) is 0 Å². The van der Waals surface area contributed by atoms with Gasteiger partial charge in [-0.1, -0.05) is 30.3 Å². The predicted molar refractivity (Wildman–Crippen MR) is 45.0 cm³/mol. The summed E-state index contributed by atoms with van der Waals surface area (Å²) < 4.78 is 0. The van der Waals surface area contributed by atoms with Gasteiger partial charge in [0.25, 0.3) is 0 Å². The summed E-state index contributed by atoms with van der Waals surface area (Å²) in [5.41, 5.74) is 2.92. The Morgan fingerprint density at radius 2 is 2.08 bits per heavy atom. The Bertz CT molecular complexity index is 248. The molecule has 0 spiro atoms. The maximum Gasteiger partial charge on any atom is 0.350 e. The zero-order chi connectivity index (χ0) is 8.81. The molecule has 0 aliphatic rings. The molecule has 0 heterocycles. The van der Waals surface area contributed by atoms with Gasteiger partial charge in [-0.15, -0.1) is 0 Å². The van der Waals surface area contributed by atoms with Crippen LogP contribution >= 0.6 is 0 Å². The molecular formula is C8H10N3O. The van der Waals surface area contributed by atoms with Gasteiger partial charge in [-0.05, 0) is 5.56 Å². The highest BCUT2D eigenvalue weighted by molar-refractivity contribution is 5.72. The molecule has 2 amide bonds. The van der Waals surface area contributed by atoms with Gasteiger partial charge in [-0.25, -0.2) is 16.0 Å². The van der Waals surface area contributed by atoms with Gasteiger partial charge in [0.1, 0.15) is 0 Å². The Morgan fingerprint density at radius 3 is 2.67 bits per heavy atom. The molecule has 1 aromatic carbocycles. The highest BCUT2D eigenvalue weighted by Crippen LogP contribution is 1.97. The lowest BCUT2D eigenvalue weighted by Gasteiger charge is -1.99. The minimum atomic E-state index is -0.501. The fraction of sp³-hybridized carbons (Fsp3) is 0.125. The van der Waals surface area contributed by atoms with Gasteiger partial charge in [0.05, 0.1) is 6.54 Å². The van der Waals surface area contributed by atoms with E-state index in [2.05, 4.69) is 5.32 Å². The molecule has 0 fully saturated rings. The summed E-state index contributed by atoms with van der Waals surface area (Å²) in [5, 5.41) is 3.64. The summed E-state index contributed by atoms with van der Waals surface area (Å²) in [6, 6.07) is 8.99. The Kier molecular flexibility index (Phi) is 3.10. The number of hydrazine groups is 1. The summed E-state index contributed by atoms with van der Waals surface area (Å²) in [6.45, 7) is 0.365. The van der Waals surface area contributed by atoms with Crippen LogP contribution in [0.4, 0.5) is 4.79 Å². The van der Waals surface area contributed by atoms with Gasteiger partial charge in [-0.3, -0.25) is 5.43 Å². The van der Waals surface area contributed by atoms with E-state index in [1.807, 2.05) is 35.8 Å². The summed E-state index contributed by atoms with van der Waals surface area (Å²) in [4.78, 5) is 10.6. The molecule has 12 heavy (non-hydrogen) atoms. The average Bonchev–Trinajstić information content (AvgIpc) is 2.16. The summed E-state index contributed by atoms with van der Waals surface area (Å²) in [7, 11) is 0. The smallest absolute Gasteiger partial charge is 0.274 e. The van der Waals surface area contributed by atoms with Crippen LogP contribution in [0.3, 0.4) is 0 Å². The van der Waals surface area contributed by atoms with Crippen molar-refractivity contribution < 1.29 is 4.79 Å². The number of hydrogen-bond acceptors (Lipinski definition) is 2. The van der Waals surface area contributed by atoms with E-state index in [1.54, 1.807) is 0 Å². The van der Waals surface area contributed by atoms with Crippen LogP contribution in [-0.2, 0) is 6.54 Å². The zero-order valence-electron chi connectivity index (χ0n) is 6.53. The molecular weight excluding hydrogens is 154 g/mol. The van der Waals surface area contributed by atoms with Crippen LogP contribution in [0.5, 0.6) is 0 Å². The van der Waals surface area contributed by atoms with Crippen molar-refractivity contribution in [2.24, 2.45) is 5.84 Å². The van der Waals surface area contributed by atoms with Gasteiger partial charge >= 0.3 is 6.03 Å². The molecule has 63 valence electrons. The molecule has 0 saturated carbocycles. The maximum absolute atomic E-state index is 10.6. The first-order valence-corrected chi connectivity index (χ1v) is 3.55. The van der Waals surface area contributed by atoms with Crippen LogP contribution in [0, 0.1) is 0 Å². The molecule has 1 rings (SSSR count). The topological polar surface area (TPSA) is 69.2 Å². The summed E-state index contributed by atoms with van der Waals surface area (Å²) in [6.07, 6.45) is 0. The molecule has 0 aromatic heterocycles. The minimum Gasteiger partial charge on any atom is -0.274 e. The molecule has 3 N–H and O–H groups in total. The number of amides is 2. The first-order chi connectivity index (χ1) is 5.83. The predicted octanol–water partition coefficient (Wildman–Crippen LogP) is 0.374. The molecule has 0 unspecified atom stereocenters. The van der Waals surface area contributed by atoms with Gasteiger partial charge in [0.2, 0.25) is 0 Å². The molecule has 0 bridgehead atoms. The van der Waals surface area contributed by atoms with Gasteiger partial charge < -0.3 is 0 Å². The van der Waals surface area contributed by atoms with E-state index in [9.17, 15) is 4.79 Å². The lowest BCUT2D eigenvalue weighted by molar-refractivity contribution is 0.240. The lowest BCUT2D eigenvalue weighted by Crippen LogP contribution is -2.35. The zero-order valence-corrected chi connectivity index (χ0v) is 6.53. The van der Waals surface area contributed by atoms with E-state index in [4.69, 9.17) is 5.84 Å². The SMILES string of the molecule is NNC(=O)[N]Cc1ccccc1. The standard InChI is InChI=1S/C8H10N3O/c9-11-8(12)10-6-7-4-2-1-3-5-7/h1-5H,6,9H2,(H,11,12). The van der Waals surface area contributed by atoms with Crippen LogP contribution in [0.15, 0.2) is 30.3 Å². The van der Waals surface area contributed by atoms with Crippen molar-refractivity contribution in [3.05, 3.63) is 35.9 Å². The number of nitrogens with two attached hydrogens (primary N) is 1. The van der Waals surface area contributed by atoms with Gasteiger partial charge in [-0.2, -0.15) is 0 Å². The quantitative estimate of drug-likeness (QED) is 0.377. The highest BCUT2D eigenvalue weighted by Gasteiger charge is 1.97. The van der Waals surface area contributed by atoms with Crippen molar-refractivity contribution in [1.82, 2.24) is 10.7 Å². The second kappa shape index (κ2) is 4.35. The van der Waals surface area contributed by atoms with Crippen molar-refractivity contribution >= 4 is 6.03 Å². The largest absolute Gasteiger partial charge is 0.350 e. The number of hydrogen-bond donors (Lipinski definition) is 2. The van der Waals surface area contributed by atoms with E-state index >= 15 is 0 Å².